The molecule has 21 nitrogen and oxygen atoms in total. The van der Waals surface area contributed by atoms with Crippen LogP contribution in [0.25, 0.3) is 0 Å². The zero-order valence-electron chi connectivity index (χ0n) is 20.2. The summed E-state index contributed by atoms with van der Waals surface area (Å²) in [5, 5.41) is 147. The van der Waals surface area contributed by atoms with Crippen molar-refractivity contribution in [2.24, 2.45) is 0 Å². The monoisotopic (exact) mass is 622 g/mol. The van der Waals surface area contributed by atoms with E-state index in [-0.39, 0.29) is 37.7 Å². The molecular weight excluding hydrogens is 592 g/mol. The van der Waals surface area contributed by atoms with Gasteiger partial charge in [-0.3, -0.25) is 0 Å². The molecule has 0 aromatic rings. The molecule has 22 heteroatoms. The predicted octanol–water partition coefficient (Wildman–Crippen LogP) is -13.0. The molecule has 0 saturated carbocycles. The number of hydrogen-bond donors (Lipinski definition) is 14. The summed E-state index contributed by atoms with van der Waals surface area (Å²) in [6.07, 6.45) is -28.3. The summed E-state index contributed by atoms with van der Waals surface area (Å²) in [5.41, 5.74) is 0. The molecule has 0 heterocycles. The molecule has 12 atom stereocenters. The van der Waals surface area contributed by atoms with Crippen molar-refractivity contribution in [3.63, 3.8) is 0 Å². The van der Waals surface area contributed by atoms with E-state index in [9.17, 15) is 54.9 Å². The SMILES string of the molecule is O=C(O)[C@@H](O)[C@@H](O)[C@H](O)[C@@H](O)C(=O)O[C@@H](C(=O)[O-])[C@@H](O)[C@H](O)[C@H](O)CO.O=C([O-])[C@H](O)[C@@H](O)[C@H](O)[C@H](O)CO.[Ca+2]. The van der Waals surface area contributed by atoms with Crippen molar-refractivity contribution in [2.75, 3.05) is 13.2 Å². The molecule has 0 aliphatic rings. The maximum atomic E-state index is 11.6. The fraction of sp³-hybridized carbons (Fsp3) is 0.778. The molecule has 0 unspecified atom stereocenters. The molecule has 0 rings (SSSR count). The fourth-order valence-electron chi connectivity index (χ4n) is 2.29. The second kappa shape index (κ2) is 20.5. The Bertz CT molecular complexity index is 783. The van der Waals surface area contributed by atoms with Crippen LogP contribution in [0.3, 0.4) is 0 Å². The van der Waals surface area contributed by atoms with Crippen LogP contribution in [0.4, 0.5) is 0 Å². The number of carboxylic acids is 3. The molecule has 40 heavy (non-hydrogen) atoms. The zero-order chi connectivity index (χ0) is 31.4. The topological polar surface area (TPSA) is 407 Å². The molecule has 0 amide bonds. The number of aliphatic hydroxyl groups excluding tert-OH is 13. The first-order valence-electron chi connectivity index (χ1n) is 10.3. The molecule has 0 aliphatic carbocycles. The van der Waals surface area contributed by atoms with E-state index < -0.39 is 110 Å². The Morgan fingerprint density at radius 1 is 0.550 bits per heavy atom. The van der Waals surface area contributed by atoms with Gasteiger partial charge in [-0.05, 0) is 0 Å². The Labute approximate surface area is 253 Å². The molecule has 14 N–H and O–H groups in total. The Hall–Kier alpha value is -1.38. The van der Waals surface area contributed by atoms with Crippen LogP contribution >= 0.6 is 0 Å². The van der Waals surface area contributed by atoms with Crippen molar-refractivity contribution in [2.45, 2.75) is 73.2 Å². The van der Waals surface area contributed by atoms with Crippen LogP contribution in [-0.2, 0) is 23.9 Å². The van der Waals surface area contributed by atoms with Gasteiger partial charge in [0.05, 0.1) is 25.2 Å². The molecule has 0 aromatic heterocycles. The summed E-state index contributed by atoms with van der Waals surface area (Å²) in [6, 6.07) is 0. The average Bonchev–Trinajstić information content (AvgIpc) is 2.90. The van der Waals surface area contributed by atoms with Crippen LogP contribution in [0.1, 0.15) is 0 Å². The first-order valence-corrected chi connectivity index (χ1v) is 10.3. The van der Waals surface area contributed by atoms with Gasteiger partial charge in [0.1, 0.15) is 54.9 Å². The summed E-state index contributed by atoms with van der Waals surface area (Å²) in [7, 11) is 0. The number of aliphatic hydroxyl groups is 13. The quantitative estimate of drug-likeness (QED) is 0.0561. The number of rotatable bonds is 16. The van der Waals surface area contributed by atoms with Crippen molar-refractivity contribution in [1.82, 2.24) is 0 Å². The molecule has 0 radical (unpaired) electrons. The maximum absolute atomic E-state index is 11.6. The van der Waals surface area contributed by atoms with Crippen LogP contribution in [0.15, 0.2) is 0 Å². The van der Waals surface area contributed by atoms with Crippen LogP contribution in [0.2, 0.25) is 0 Å². The van der Waals surface area contributed by atoms with Gasteiger partial charge >= 0.3 is 49.7 Å². The number of esters is 1. The molecule has 0 aromatic carbocycles. The third-order valence-electron chi connectivity index (χ3n) is 4.70. The second-order valence-electron chi connectivity index (χ2n) is 7.61. The van der Waals surface area contributed by atoms with Crippen LogP contribution < -0.4 is 10.2 Å². The van der Waals surface area contributed by atoms with Gasteiger partial charge in [-0.2, -0.15) is 0 Å². The zero-order valence-corrected chi connectivity index (χ0v) is 22.4. The van der Waals surface area contributed by atoms with Crippen LogP contribution in [0.5, 0.6) is 0 Å². The minimum absolute atomic E-state index is 0. The van der Waals surface area contributed by atoms with Crippen LogP contribution in [0, 0.1) is 0 Å². The minimum Gasteiger partial charge on any atom is -0.547 e. The van der Waals surface area contributed by atoms with E-state index in [0.29, 0.717) is 0 Å². The van der Waals surface area contributed by atoms with Gasteiger partial charge in [0.25, 0.3) is 0 Å². The van der Waals surface area contributed by atoms with E-state index in [2.05, 4.69) is 4.74 Å². The Morgan fingerprint density at radius 3 is 1.23 bits per heavy atom. The predicted molar refractivity (Wildman–Crippen MR) is 114 cm³/mol. The third-order valence-corrected chi connectivity index (χ3v) is 4.70. The van der Waals surface area contributed by atoms with Gasteiger partial charge in [0.15, 0.2) is 18.3 Å². The van der Waals surface area contributed by atoms with E-state index in [1.165, 1.54) is 0 Å². The van der Waals surface area contributed by atoms with E-state index >= 15 is 0 Å². The Balaban J connectivity index is -0.000000825. The Morgan fingerprint density at radius 2 is 0.900 bits per heavy atom. The summed E-state index contributed by atoms with van der Waals surface area (Å²) in [6.45, 7) is -1.97. The molecule has 0 saturated heterocycles. The van der Waals surface area contributed by atoms with Crippen molar-refractivity contribution in [3.05, 3.63) is 0 Å². The van der Waals surface area contributed by atoms with E-state index in [0.717, 1.165) is 0 Å². The molecule has 0 bridgehead atoms. The van der Waals surface area contributed by atoms with Crippen molar-refractivity contribution < 1.29 is 106 Å². The van der Waals surface area contributed by atoms with Gasteiger partial charge < -0.3 is 96.0 Å². The van der Waals surface area contributed by atoms with Gasteiger partial charge in [-0.25, -0.2) is 9.59 Å². The van der Waals surface area contributed by atoms with Crippen molar-refractivity contribution in [3.8, 4) is 0 Å². The number of carboxylic acid groups (broad SMARTS) is 3. The molecular formula is C18H30CaO21. The van der Waals surface area contributed by atoms with Crippen molar-refractivity contribution in [1.29, 1.82) is 0 Å². The normalized spacial score (nSPS) is 20.1. The first-order chi connectivity index (χ1) is 17.8. The van der Waals surface area contributed by atoms with Gasteiger partial charge in [0, 0.05) is 0 Å². The van der Waals surface area contributed by atoms with Crippen LogP contribution in [-0.4, -0.2) is 220 Å². The smallest absolute Gasteiger partial charge is 0.547 e. The first kappa shape index (κ1) is 43.1. The minimum atomic E-state index is -2.77. The summed E-state index contributed by atoms with van der Waals surface area (Å²) >= 11 is 0. The average molecular weight is 622 g/mol. The number of hydrogen-bond acceptors (Lipinski definition) is 20. The molecule has 0 spiro atoms. The maximum Gasteiger partial charge on any atom is 2.00 e. The number of aliphatic carboxylic acids is 3. The van der Waals surface area contributed by atoms with Gasteiger partial charge in [-0.15, -0.1) is 0 Å². The Kier molecular flexibility index (Phi) is 22.1. The fourth-order valence-corrected chi connectivity index (χ4v) is 2.29. The van der Waals surface area contributed by atoms with E-state index in [4.69, 9.17) is 46.0 Å². The van der Waals surface area contributed by atoms with E-state index in [1.807, 2.05) is 0 Å². The van der Waals surface area contributed by atoms with Crippen molar-refractivity contribution >= 4 is 61.6 Å². The largest absolute Gasteiger partial charge is 2.00 e. The standard InChI is InChI=1S/C12H20O14.C6H12O7.Ca/c13-1-2(14)3(15)6(18)9(11(23)24)26-12(25)8(20)5(17)4(16)7(19)10(21)22;7-1-2(8)3(9)4(10)5(11)6(12)13;/h2-9,13-20H,1H2,(H,21,22)(H,23,24);2-5,7-11H,1H2,(H,12,13);/q;;+2/p-2/t2-,3-,4+,5+,6+,7+,8-,9-;2-,3-,4+,5-;/m11./s1. The van der Waals surface area contributed by atoms with Gasteiger partial charge in [0.2, 0.25) is 0 Å². The second-order valence-corrected chi connectivity index (χ2v) is 7.61. The molecule has 0 fully saturated rings. The number of ether oxygens (including phenoxy) is 1. The molecule has 230 valence electrons. The summed E-state index contributed by atoms with van der Waals surface area (Å²) in [5.74, 6) is -8.30. The summed E-state index contributed by atoms with van der Waals surface area (Å²) < 4.78 is 4.11. The van der Waals surface area contributed by atoms with E-state index in [1.54, 1.807) is 0 Å². The summed E-state index contributed by atoms with van der Waals surface area (Å²) in [4.78, 5) is 42.9. The third kappa shape index (κ3) is 13.5. The number of carbonyl (C=O) groups is 4. The number of carbonyl (C=O) groups excluding carboxylic acids is 3. The van der Waals surface area contributed by atoms with Gasteiger partial charge in [-0.1, -0.05) is 0 Å². The molecule has 0 aliphatic heterocycles.